The summed E-state index contributed by atoms with van der Waals surface area (Å²) in [6.07, 6.45) is 1.53. The first-order chi connectivity index (χ1) is 11.2. The van der Waals surface area contributed by atoms with E-state index in [2.05, 4.69) is 16.0 Å². The molecule has 3 amide bonds. The van der Waals surface area contributed by atoms with E-state index in [9.17, 15) is 9.59 Å². The minimum Gasteiger partial charge on any atom is -0.496 e. The third kappa shape index (κ3) is 5.39. The van der Waals surface area contributed by atoms with Gasteiger partial charge in [0.1, 0.15) is 11.5 Å². The molecule has 3 N–H and O–H groups in total. The number of hydrogen-bond donors (Lipinski definition) is 3. The molecule has 1 aromatic carbocycles. The van der Waals surface area contributed by atoms with Crippen LogP contribution in [-0.2, 0) is 17.9 Å². The van der Waals surface area contributed by atoms with Gasteiger partial charge in [0.25, 0.3) is 0 Å². The van der Waals surface area contributed by atoms with E-state index < -0.39 is 6.03 Å². The molecule has 2 rings (SSSR count). The van der Waals surface area contributed by atoms with Crippen molar-refractivity contribution >= 4 is 11.9 Å². The number of carbonyl (C=O) groups is 2. The highest BCUT2D eigenvalue weighted by atomic mass is 16.5. The predicted octanol–water partition coefficient (Wildman–Crippen LogP) is 1.40. The Balaban J connectivity index is 1.67. The summed E-state index contributed by atoms with van der Waals surface area (Å²) in [4.78, 5) is 23.3. The van der Waals surface area contributed by atoms with E-state index in [-0.39, 0.29) is 19.0 Å². The van der Waals surface area contributed by atoms with Crippen LogP contribution in [0.4, 0.5) is 4.79 Å². The fourth-order valence-electron chi connectivity index (χ4n) is 1.91. The molecule has 0 bridgehead atoms. The van der Waals surface area contributed by atoms with Crippen molar-refractivity contribution in [2.45, 2.75) is 13.1 Å². The van der Waals surface area contributed by atoms with Gasteiger partial charge in [0.05, 0.1) is 26.5 Å². The van der Waals surface area contributed by atoms with Crippen LogP contribution in [0.3, 0.4) is 0 Å². The van der Waals surface area contributed by atoms with E-state index in [1.807, 2.05) is 24.3 Å². The molecule has 0 spiro atoms. The van der Waals surface area contributed by atoms with Gasteiger partial charge in [-0.15, -0.1) is 0 Å². The quantitative estimate of drug-likeness (QED) is 0.720. The first-order valence-corrected chi connectivity index (χ1v) is 7.11. The lowest BCUT2D eigenvalue weighted by atomic mass is 10.2. The lowest BCUT2D eigenvalue weighted by Crippen LogP contribution is -2.41. The summed E-state index contributed by atoms with van der Waals surface area (Å²) >= 11 is 0. The second kappa shape index (κ2) is 8.47. The van der Waals surface area contributed by atoms with Crippen LogP contribution in [0.25, 0.3) is 0 Å². The smallest absolute Gasteiger partial charge is 0.315 e. The molecule has 23 heavy (non-hydrogen) atoms. The molecule has 0 unspecified atom stereocenters. The summed E-state index contributed by atoms with van der Waals surface area (Å²) in [6, 6.07) is 10.5. The van der Waals surface area contributed by atoms with E-state index >= 15 is 0 Å². The topological polar surface area (TPSA) is 92.6 Å². The molecule has 0 saturated heterocycles. The minimum atomic E-state index is -0.427. The summed E-state index contributed by atoms with van der Waals surface area (Å²) < 4.78 is 10.3. The van der Waals surface area contributed by atoms with Crippen molar-refractivity contribution in [1.82, 2.24) is 16.0 Å². The molecule has 0 atom stereocenters. The third-order valence-corrected chi connectivity index (χ3v) is 3.08. The van der Waals surface area contributed by atoms with Crippen molar-refractivity contribution in [3.8, 4) is 5.75 Å². The maximum Gasteiger partial charge on any atom is 0.315 e. The molecule has 0 aliphatic rings. The monoisotopic (exact) mass is 317 g/mol. The van der Waals surface area contributed by atoms with Crippen molar-refractivity contribution in [3.63, 3.8) is 0 Å². The number of nitrogens with one attached hydrogen (secondary N) is 3. The summed E-state index contributed by atoms with van der Waals surface area (Å²) in [5.41, 5.74) is 0.854. The second-order valence-electron chi connectivity index (χ2n) is 4.70. The number of hydrogen-bond acceptors (Lipinski definition) is 4. The Labute approximate surface area is 134 Å². The average Bonchev–Trinajstić information content (AvgIpc) is 3.10. The zero-order valence-electron chi connectivity index (χ0n) is 12.8. The first-order valence-electron chi connectivity index (χ1n) is 7.11. The number of amides is 3. The highest BCUT2D eigenvalue weighted by Gasteiger charge is 2.07. The van der Waals surface area contributed by atoms with Crippen LogP contribution in [0.1, 0.15) is 11.3 Å². The van der Waals surface area contributed by atoms with Crippen molar-refractivity contribution in [1.29, 1.82) is 0 Å². The summed E-state index contributed by atoms with van der Waals surface area (Å²) in [7, 11) is 1.57. The highest BCUT2D eigenvalue weighted by Crippen LogP contribution is 2.16. The number of carbonyl (C=O) groups excluding carboxylic acids is 2. The largest absolute Gasteiger partial charge is 0.496 e. The van der Waals surface area contributed by atoms with Crippen LogP contribution in [0.5, 0.6) is 5.75 Å². The molecule has 0 fully saturated rings. The molecule has 0 saturated carbocycles. The Morgan fingerprint density at radius 3 is 2.61 bits per heavy atom. The Morgan fingerprint density at radius 1 is 1.04 bits per heavy atom. The zero-order chi connectivity index (χ0) is 16.5. The molecule has 0 aliphatic carbocycles. The van der Waals surface area contributed by atoms with Gasteiger partial charge in [0.15, 0.2) is 0 Å². The Kier molecular flexibility index (Phi) is 6.05. The maximum atomic E-state index is 11.7. The molecule has 2 aromatic rings. The van der Waals surface area contributed by atoms with E-state index in [1.165, 1.54) is 6.26 Å². The van der Waals surface area contributed by atoms with Gasteiger partial charge in [-0.3, -0.25) is 4.79 Å². The molecule has 0 aliphatic heterocycles. The van der Waals surface area contributed by atoms with Gasteiger partial charge < -0.3 is 25.1 Å². The zero-order valence-corrected chi connectivity index (χ0v) is 12.8. The summed E-state index contributed by atoms with van der Waals surface area (Å²) in [6.45, 7) is 0.485. The summed E-state index contributed by atoms with van der Waals surface area (Å²) in [5, 5.41) is 7.79. The number of methoxy groups -OCH3 is 1. The van der Waals surface area contributed by atoms with E-state index in [0.29, 0.717) is 18.1 Å². The molecule has 122 valence electrons. The van der Waals surface area contributed by atoms with Gasteiger partial charge in [0, 0.05) is 12.1 Å². The van der Waals surface area contributed by atoms with Crippen molar-refractivity contribution in [3.05, 3.63) is 54.0 Å². The average molecular weight is 317 g/mol. The highest BCUT2D eigenvalue weighted by molar-refractivity contribution is 5.83. The van der Waals surface area contributed by atoms with Crippen LogP contribution in [0.15, 0.2) is 47.1 Å². The third-order valence-electron chi connectivity index (χ3n) is 3.08. The Hall–Kier alpha value is -2.96. The van der Waals surface area contributed by atoms with Crippen LogP contribution in [0, 0.1) is 0 Å². The van der Waals surface area contributed by atoms with Gasteiger partial charge in [-0.1, -0.05) is 18.2 Å². The van der Waals surface area contributed by atoms with Crippen molar-refractivity contribution < 1.29 is 18.7 Å². The van der Waals surface area contributed by atoms with Crippen LogP contribution < -0.4 is 20.7 Å². The number of urea groups is 1. The van der Waals surface area contributed by atoms with Gasteiger partial charge in [0.2, 0.25) is 5.91 Å². The van der Waals surface area contributed by atoms with Gasteiger partial charge in [-0.2, -0.15) is 0 Å². The standard InChI is InChI=1S/C16H19N3O4/c1-22-14-7-3-2-5-12(14)9-18-16(21)19-11-15(20)17-10-13-6-4-8-23-13/h2-8H,9-11H2,1H3,(H,17,20)(H2,18,19,21). The van der Waals surface area contributed by atoms with E-state index in [4.69, 9.17) is 9.15 Å². The van der Waals surface area contributed by atoms with Gasteiger partial charge in [-0.05, 0) is 18.2 Å². The minimum absolute atomic E-state index is 0.113. The lowest BCUT2D eigenvalue weighted by Gasteiger charge is -2.10. The first kappa shape index (κ1) is 16.4. The van der Waals surface area contributed by atoms with Crippen molar-refractivity contribution in [2.24, 2.45) is 0 Å². The van der Waals surface area contributed by atoms with Crippen molar-refractivity contribution in [2.75, 3.05) is 13.7 Å². The Bertz CT molecular complexity index is 641. The molecule has 7 heteroatoms. The molecule has 7 nitrogen and oxygen atoms in total. The second-order valence-corrected chi connectivity index (χ2v) is 4.70. The van der Waals surface area contributed by atoms with Gasteiger partial charge in [-0.25, -0.2) is 4.79 Å². The maximum absolute atomic E-state index is 11.7. The number of furan rings is 1. The SMILES string of the molecule is COc1ccccc1CNC(=O)NCC(=O)NCc1ccco1. The van der Waals surface area contributed by atoms with E-state index in [0.717, 1.165) is 5.56 Å². The van der Waals surface area contributed by atoms with Crippen LogP contribution >= 0.6 is 0 Å². The summed E-state index contributed by atoms with van der Waals surface area (Å²) in [5.74, 6) is 1.05. The molecular weight excluding hydrogens is 298 g/mol. The Morgan fingerprint density at radius 2 is 1.87 bits per heavy atom. The normalized spacial score (nSPS) is 9.96. The number of para-hydroxylation sites is 1. The fourth-order valence-corrected chi connectivity index (χ4v) is 1.91. The van der Waals surface area contributed by atoms with Gasteiger partial charge >= 0.3 is 6.03 Å². The fraction of sp³-hybridized carbons (Fsp3) is 0.250. The number of ether oxygens (including phenoxy) is 1. The molecule has 1 heterocycles. The van der Waals surface area contributed by atoms with Crippen LogP contribution in [0.2, 0.25) is 0 Å². The lowest BCUT2D eigenvalue weighted by molar-refractivity contribution is -0.120. The van der Waals surface area contributed by atoms with E-state index in [1.54, 1.807) is 19.2 Å². The number of benzene rings is 1. The molecular formula is C16H19N3O4. The molecule has 0 radical (unpaired) electrons. The van der Waals surface area contributed by atoms with Crippen LogP contribution in [-0.4, -0.2) is 25.6 Å². The molecule has 1 aromatic heterocycles. The number of rotatable bonds is 7. The predicted molar refractivity (Wildman–Crippen MR) is 83.8 cm³/mol.